The van der Waals surface area contributed by atoms with E-state index in [0.29, 0.717) is 42.3 Å². The Balaban J connectivity index is 1.10. The van der Waals surface area contributed by atoms with Crippen molar-refractivity contribution in [3.8, 4) is 0 Å². The summed E-state index contributed by atoms with van der Waals surface area (Å²) in [6.07, 6.45) is -5.38. The number of carbonyl (C=O) groups is 4. The first-order valence-corrected chi connectivity index (χ1v) is 29.3. The molecule has 22 nitrogen and oxygen atoms in total. The summed E-state index contributed by atoms with van der Waals surface area (Å²) >= 11 is 8.33. The first-order valence-electron chi connectivity index (χ1n) is 27.7. The molecule has 2 aromatic rings. The van der Waals surface area contributed by atoms with Gasteiger partial charge in [-0.3, -0.25) is 19.2 Å². The van der Waals surface area contributed by atoms with Crippen molar-refractivity contribution in [2.45, 2.75) is 189 Å². The number of aromatic carboxylic acids is 1. The number of carbonyl (C=O) groups excluding carboxylic acids is 3. The lowest BCUT2D eigenvalue weighted by molar-refractivity contribution is -0.320. The van der Waals surface area contributed by atoms with E-state index in [1.807, 2.05) is 37.4 Å². The quantitative estimate of drug-likeness (QED) is 0.0436. The summed E-state index contributed by atoms with van der Waals surface area (Å²) in [7, 11) is 6.69. The number of halogens is 2. The first-order chi connectivity index (χ1) is 37.5. The second kappa shape index (κ2) is 27.7. The highest BCUT2D eigenvalue weighted by atomic mass is 127. The lowest BCUT2D eigenvalue weighted by Crippen LogP contribution is -2.61. The van der Waals surface area contributed by atoms with Gasteiger partial charge in [-0.25, -0.2) is 4.79 Å². The van der Waals surface area contributed by atoms with E-state index in [0.717, 1.165) is 12.8 Å². The molecule has 6 rings (SSSR count). The molecule has 18 atom stereocenters. The summed E-state index contributed by atoms with van der Waals surface area (Å²) < 4.78 is 57.2. The number of carboxylic acids is 1. The van der Waals surface area contributed by atoms with Gasteiger partial charge in [0.15, 0.2) is 22.8 Å². The Kier molecular flexibility index (Phi) is 22.9. The third kappa shape index (κ3) is 15.2. The van der Waals surface area contributed by atoms with E-state index in [2.05, 4.69) is 10.6 Å². The maximum absolute atomic E-state index is 14.4. The van der Waals surface area contributed by atoms with E-state index in [1.165, 1.54) is 34.3 Å². The van der Waals surface area contributed by atoms with Crippen LogP contribution < -0.4 is 16.1 Å². The molecule has 6 N–H and O–H groups in total. The Morgan fingerprint density at radius 1 is 0.900 bits per heavy atom. The lowest BCUT2D eigenvalue weighted by atomic mass is 9.74. The Morgan fingerprint density at radius 3 is 2.17 bits per heavy atom. The third-order valence-corrected chi connectivity index (χ3v) is 18.5. The Morgan fingerprint density at radius 2 is 1.55 bits per heavy atom. The number of fused-ring (bicyclic) bond motifs is 1. The number of alkyl halides is 1. The van der Waals surface area contributed by atoms with E-state index in [-0.39, 0.29) is 67.3 Å². The lowest BCUT2D eigenvalue weighted by Gasteiger charge is -2.50. The van der Waals surface area contributed by atoms with Crippen molar-refractivity contribution in [1.29, 1.82) is 0 Å². The molecule has 1 aromatic carbocycles. The summed E-state index contributed by atoms with van der Waals surface area (Å²) in [4.78, 5) is 68.8. The number of likely N-dealkylation sites (N-methyl/N-ethyl adjacent to an activating group) is 1. The molecule has 2 unspecified atom stereocenters. The van der Waals surface area contributed by atoms with Gasteiger partial charge in [0.25, 0.3) is 0 Å². The number of cyclic esters (lactones) is 1. The fraction of sp³-hybridized carbons (Fsp3) is 0.768. The maximum Gasteiger partial charge on any atom is 0.341 e. The van der Waals surface area contributed by atoms with Gasteiger partial charge in [0.1, 0.15) is 28.7 Å². The summed E-state index contributed by atoms with van der Waals surface area (Å²) in [5.41, 5.74) is -4.36. The van der Waals surface area contributed by atoms with Crippen molar-refractivity contribution in [2.24, 2.45) is 23.7 Å². The van der Waals surface area contributed by atoms with Gasteiger partial charge in [0.05, 0.1) is 77.9 Å². The van der Waals surface area contributed by atoms with Crippen LogP contribution in [0.4, 0.5) is 5.69 Å². The highest BCUT2D eigenvalue weighted by Crippen LogP contribution is 2.43. The number of hydrogen-bond acceptors (Lipinski definition) is 20. The number of methoxy groups -OCH3 is 2. The van der Waals surface area contributed by atoms with Crippen LogP contribution in [-0.4, -0.2) is 197 Å². The molecule has 0 radical (unpaired) electrons. The number of pyridine rings is 1. The number of aromatic nitrogens is 1. The number of ether oxygens (including phenoxy) is 9. The van der Waals surface area contributed by atoms with Crippen LogP contribution in [0.1, 0.15) is 117 Å². The number of aliphatic hydroxyl groups is 3. The summed E-state index contributed by atoms with van der Waals surface area (Å²) in [5.74, 6) is -6.71. The highest BCUT2D eigenvalue weighted by Gasteiger charge is 2.55. The number of aliphatic hydroxyl groups excluding tert-OH is 2. The van der Waals surface area contributed by atoms with Crippen LogP contribution in [0, 0.1) is 23.7 Å². The molecule has 0 spiro atoms. The van der Waals surface area contributed by atoms with E-state index in [9.17, 15) is 44.4 Å². The number of nitrogens with one attached hydrogen (secondary N) is 2. The number of carboxylic acid groups (broad SMARTS) is 1. The highest BCUT2D eigenvalue weighted by molar-refractivity contribution is 14.1. The van der Waals surface area contributed by atoms with Crippen LogP contribution in [0.3, 0.4) is 0 Å². The maximum atomic E-state index is 14.4. The molecule has 4 fully saturated rings. The number of nitrogens with zero attached hydrogens (tertiary/aromatic N) is 2. The van der Waals surface area contributed by atoms with Gasteiger partial charge >= 0.3 is 17.9 Å². The van der Waals surface area contributed by atoms with Crippen LogP contribution in [0.2, 0.25) is 5.02 Å². The van der Waals surface area contributed by atoms with E-state index in [1.54, 1.807) is 69.3 Å². The molecule has 24 heteroatoms. The predicted octanol–water partition coefficient (Wildman–Crippen LogP) is 5.08. The predicted molar refractivity (Wildman–Crippen MR) is 304 cm³/mol. The van der Waals surface area contributed by atoms with Crippen molar-refractivity contribution in [3.63, 3.8) is 0 Å². The summed E-state index contributed by atoms with van der Waals surface area (Å²) in [6, 6.07) is 3.05. The normalized spacial score (nSPS) is 36.8. The Labute approximate surface area is 487 Å². The molecule has 80 heavy (non-hydrogen) atoms. The summed E-state index contributed by atoms with van der Waals surface area (Å²) in [6.45, 7) is 16.8. The Hall–Kier alpha value is -3.15. The SMILES string of the molecule is CO[C@]1(C)C[C@@H](C)C(=O)[C@H](C)[C@@H](O)[C@](C)(O)[C@@H](I)OC(=O)[C@H](C)[C@@H](OC2C[C@@](C)(OC)[C@@H](OC(=O)CCNCCOCCNc3cc4c(=O)c(C(=O)O)cn(C5CC5)c4cc3Cl)[C@H](C)O2)[C@H](C)[C@H]1OC1O[C@H](C)C[C@H](N(C)C)[C@H]1O. The average Bonchev–Trinajstić information content (AvgIpc) is 4.28. The minimum atomic E-state index is -2.05. The number of anilines is 1. The molecule has 4 heterocycles. The zero-order valence-electron chi connectivity index (χ0n) is 48.4. The van der Waals surface area contributed by atoms with Crippen molar-refractivity contribution < 1.29 is 82.2 Å². The number of ketones is 1. The molecule has 4 aliphatic rings. The van der Waals surface area contributed by atoms with Crippen molar-refractivity contribution in [3.05, 3.63) is 39.1 Å². The largest absolute Gasteiger partial charge is 0.477 e. The molecular weight excluding hydrogens is 1180 g/mol. The first kappa shape index (κ1) is 66.0. The van der Waals surface area contributed by atoms with Crippen LogP contribution >= 0.6 is 34.2 Å². The van der Waals surface area contributed by atoms with Crippen LogP contribution in [0.5, 0.6) is 0 Å². The van der Waals surface area contributed by atoms with Crippen LogP contribution in [0.15, 0.2) is 23.1 Å². The van der Waals surface area contributed by atoms with E-state index < -0.39 is 117 Å². The zero-order chi connectivity index (χ0) is 59.3. The molecule has 1 aromatic heterocycles. The van der Waals surface area contributed by atoms with E-state index in [4.69, 9.17) is 54.2 Å². The summed E-state index contributed by atoms with van der Waals surface area (Å²) in [5, 5.41) is 51.6. The smallest absolute Gasteiger partial charge is 0.341 e. The van der Waals surface area contributed by atoms with Crippen LogP contribution in [-0.2, 0) is 57.0 Å². The van der Waals surface area contributed by atoms with Crippen LogP contribution in [0.25, 0.3) is 10.9 Å². The van der Waals surface area contributed by atoms with Crippen molar-refractivity contribution in [2.75, 3.05) is 66.5 Å². The molecule has 3 aliphatic heterocycles. The van der Waals surface area contributed by atoms with Gasteiger partial charge in [0.2, 0.25) is 5.43 Å². The monoisotopic (exact) mass is 1260 g/mol. The van der Waals surface area contributed by atoms with Gasteiger partial charge in [0, 0.05) is 81.7 Å². The average molecular weight is 1270 g/mol. The molecule has 1 saturated carbocycles. The van der Waals surface area contributed by atoms with Crippen molar-refractivity contribution >= 4 is 74.5 Å². The van der Waals surface area contributed by atoms with Gasteiger partial charge < -0.3 is 83.2 Å². The zero-order valence-corrected chi connectivity index (χ0v) is 51.3. The molecule has 0 bridgehead atoms. The van der Waals surface area contributed by atoms with Gasteiger partial charge in [-0.15, -0.1) is 0 Å². The fourth-order valence-corrected chi connectivity index (χ4v) is 12.4. The molecule has 3 saturated heterocycles. The van der Waals surface area contributed by atoms with E-state index >= 15 is 0 Å². The molecule has 452 valence electrons. The number of esters is 2. The molecular formula is C56H86ClIN4O18. The number of rotatable bonds is 20. The molecule has 1 aliphatic carbocycles. The van der Waals surface area contributed by atoms with Crippen molar-refractivity contribution in [1.82, 2.24) is 14.8 Å². The van der Waals surface area contributed by atoms with Gasteiger partial charge in [-0.2, -0.15) is 0 Å². The number of hydrogen-bond donors (Lipinski definition) is 6. The standard InChI is InChI=1S/C56H86ClIN4O18/c1-28-25-54(7,72-12)48(79-52-45(66)40(61(10)11)22-29(2)75-52)31(4)46(32(5)51(70)80-53(58)56(9,71)47(67)30(3)43(28)64)78-42-26-55(8,73-13)49(33(6)76-42)77-41(63)16-17-59-18-20-74-21-19-60-38-23-35-39(24-37(38)57)62(34-14-15-34)27-36(44(35)65)50(68)69/h23-24,27-34,40,42,45-49,52-53,59-60,66-67,71H,14-22,25-26H2,1-13H3,(H,68,69)/t28-,29-,30+,31+,32-,33+,40+,42?,45-,46+,47-,48-,49+,52?,53+,54-,55-,56+/m1/s1. The van der Waals surface area contributed by atoms with Gasteiger partial charge in [-0.05, 0) is 116 Å². The second-order valence-corrected chi connectivity index (χ2v) is 24.8. The topological polar surface area (TPSA) is 282 Å². The minimum absolute atomic E-state index is 0.00813. The third-order valence-electron chi connectivity index (χ3n) is 16.7. The molecule has 0 amide bonds. The number of Topliss-reactive ketones (excluding diaryl/α,β-unsaturated/α-hetero) is 1. The Bertz CT molecular complexity index is 2540. The van der Waals surface area contributed by atoms with Gasteiger partial charge in [-0.1, -0.05) is 32.4 Å². The second-order valence-electron chi connectivity index (χ2n) is 23.2. The fourth-order valence-electron chi connectivity index (χ4n) is 11.5. The minimum Gasteiger partial charge on any atom is -0.477 e. The number of benzene rings is 1.